The molecule has 0 amide bonds. The van der Waals surface area contributed by atoms with Gasteiger partial charge in [0.25, 0.3) is 0 Å². The molecule has 0 fully saturated rings. The van der Waals surface area contributed by atoms with E-state index in [-0.39, 0.29) is 6.04 Å². The molecule has 1 aliphatic rings. The molecule has 0 spiro atoms. The first-order valence-electron chi connectivity index (χ1n) is 7.07. The summed E-state index contributed by atoms with van der Waals surface area (Å²) in [6.07, 6.45) is 5.14. The minimum Gasteiger partial charge on any atom is -0.444 e. The van der Waals surface area contributed by atoms with E-state index < -0.39 is 0 Å². The van der Waals surface area contributed by atoms with Gasteiger partial charge in [-0.05, 0) is 56.4 Å². The van der Waals surface area contributed by atoms with E-state index in [1.165, 1.54) is 15.6 Å². The number of rotatable bonds is 3. The molecule has 1 aliphatic carbocycles. The van der Waals surface area contributed by atoms with E-state index in [1.807, 2.05) is 6.92 Å². The lowest BCUT2D eigenvalue weighted by atomic mass is 9.88. The minimum absolute atomic E-state index is 0.158. The molecule has 0 saturated carbocycles. The third kappa shape index (κ3) is 2.96. The lowest BCUT2D eigenvalue weighted by Gasteiger charge is -2.27. The summed E-state index contributed by atoms with van der Waals surface area (Å²) in [7, 11) is 0. The van der Waals surface area contributed by atoms with E-state index in [1.54, 1.807) is 6.20 Å². The zero-order chi connectivity index (χ0) is 14.1. The number of benzene rings is 1. The highest BCUT2D eigenvalue weighted by Gasteiger charge is 2.22. The van der Waals surface area contributed by atoms with Crippen LogP contribution < -0.4 is 5.32 Å². The second-order valence-corrected chi connectivity index (χ2v) is 6.47. The molecule has 2 unspecified atom stereocenters. The molecule has 1 heterocycles. The number of hydrogen-bond acceptors (Lipinski definition) is 3. The van der Waals surface area contributed by atoms with Crippen LogP contribution in [0.2, 0.25) is 0 Å². The van der Waals surface area contributed by atoms with Gasteiger partial charge in [-0.25, -0.2) is 4.98 Å². The minimum atomic E-state index is 0.158. The number of hydrogen-bond donors (Lipinski definition) is 1. The van der Waals surface area contributed by atoms with Crippen LogP contribution in [0, 0.1) is 6.92 Å². The molecule has 20 heavy (non-hydrogen) atoms. The third-order valence-corrected chi connectivity index (χ3v) is 4.39. The summed E-state index contributed by atoms with van der Waals surface area (Å²) in [6, 6.07) is 7.25. The van der Waals surface area contributed by atoms with E-state index in [4.69, 9.17) is 4.42 Å². The SMILES string of the molecule is Cc1cnc(C(C)NC2CCc3cc(Br)ccc3C2)o1. The van der Waals surface area contributed by atoms with Crippen molar-refractivity contribution in [3.05, 3.63) is 51.6 Å². The average Bonchev–Trinajstić information content (AvgIpc) is 2.86. The summed E-state index contributed by atoms with van der Waals surface area (Å²) in [6.45, 7) is 4.04. The monoisotopic (exact) mass is 334 g/mol. The summed E-state index contributed by atoms with van der Waals surface area (Å²) in [5.41, 5.74) is 2.92. The summed E-state index contributed by atoms with van der Waals surface area (Å²) < 4.78 is 6.76. The van der Waals surface area contributed by atoms with Crippen molar-refractivity contribution in [3.63, 3.8) is 0 Å². The summed E-state index contributed by atoms with van der Waals surface area (Å²) in [5, 5.41) is 3.64. The number of nitrogens with zero attached hydrogens (tertiary/aromatic N) is 1. The quantitative estimate of drug-likeness (QED) is 0.923. The van der Waals surface area contributed by atoms with Crippen LogP contribution in [0.4, 0.5) is 0 Å². The van der Waals surface area contributed by atoms with Crippen LogP contribution in [0.1, 0.15) is 42.2 Å². The van der Waals surface area contributed by atoms with Gasteiger partial charge in [0.2, 0.25) is 5.89 Å². The lowest BCUT2D eigenvalue weighted by Crippen LogP contribution is -2.36. The largest absolute Gasteiger partial charge is 0.444 e. The van der Waals surface area contributed by atoms with Crippen molar-refractivity contribution < 1.29 is 4.42 Å². The maximum absolute atomic E-state index is 5.59. The molecule has 0 bridgehead atoms. The number of halogens is 1. The Morgan fingerprint density at radius 1 is 1.40 bits per heavy atom. The van der Waals surface area contributed by atoms with Gasteiger partial charge >= 0.3 is 0 Å². The zero-order valence-corrected chi connectivity index (χ0v) is 13.4. The van der Waals surface area contributed by atoms with Crippen molar-refractivity contribution in [2.75, 3.05) is 0 Å². The Bertz CT molecular complexity index is 608. The van der Waals surface area contributed by atoms with E-state index in [0.29, 0.717) is 6.04 Å². The highest BCUT2D eigenvalue weighted by Crippen LogP contribution is 2.26. The van der Waals surface area contributed by atoms with Gasteiger partial charge in [-0.3, -0.25) is 0 Å². The highest BCUT2D eigenvalue weighted by atomic mass is 79.9. The molecule has 2 aromatic rings. The topological polar surface area (TPSA) is 38.1 Å². The molecule has 0 saturated heterocycles. The Morgan fingerprint density at radius 3 is 3.00 bits per heavy atom. The van der Waals surface area contributed by atoms with Crippen molar-refractivity contribution >= 4 is 15.9 Å². The van der Waals surface area contributed by atoms with Gasteiger partial charge in [-0.2, -0.15) is 0 Å². The van der Waals surface area contributed by atoms with E-state index in [2.05, 4.69) is 51.4 Å². The molecule has 3 rings (SSSR count). The van der Waals surface area contributed by atoms with Gasteiger partial charge in [-0.1, -0.05) is 22.0 Å². The summed E-state index contributed by atoms with van der Waals surface area (Å²) in [4.78, 5) is 4.30. The molecule has 1 aromatic heterocycles. The zero-order valence-electron chi connectivity index (χ0n) is 11.8. The van der Waals surface area contributed by atoms with Gasteiger partial charge in [0.1, 0.15) is 5.76 Å². The molecule has 4 heteroatoms. The standard InChI is InChI=1S/C16H19BrN2O/c1-10-9-18-16(20-10)11(2)19-15-6-4-12-7-14(17)5-3-13(12)8-15/h3,5,7,9,11,15,19H,4,6,8H2,1-2H3. The normalized spacial score (nSPS) is 19.6. The number of aryl methyl sites for hydroxylation is 2. The van der Waals surface area contributed by atoms with Gasteiger partial charge in [0.15, 0.2) is 0 Å². The molecular weight excluding hydrogens is 316 g/mol. The molecule has 106 valence electrons. The fourth-order valence-electron chi connectivity index (χ4n) is 2.86. The Hall–Kier alpha value is -1.13. The van der Waals surface area contributed by atoms with Crippen molar-refractivity contribution in [2.24, 2.45) is 0 Å². The molecular formula is C16H19BrN2O. The maximum Gasteiger partial charge on any atom is 0.211 e. The third-order valence-electron chi connectivity index (χ3n) is 3.89. The first-order valence-corrected chi connectivity index (χ1v) is 7.87. The van der Waals surface area contributed by atoms with Crippen LogP contribution in [0.5, 0.6) is 0 Å². The Labute approximate surface area is 127 Å². The Morgan fingerprint density at radius 2 is 2.25 bits per heavy atom. The highest BCUT2D eigenvalue weighted by molar-refractivity contribution is 9.10. The van der Waals surface area contributed by atoms with Crippen molar-refractivity contribution in [1.82, 2.24) is 10.3 Å². The van der Waals surface area contributed by atoms with E-state index in [9.17, 15) is 0 Å². The van der Waals surface area contributed by atoms with Crippen molar-refractivity contribution in [3.8, 4) is 0 Å². The van der Waals surface area contributed by atoms with Crippen LogP contribution >= 0.6 is 15.9 Å². The fraction of sp³-hybridized carbons (Fsp3) is 0.438. The van der Waals surface area contributed by atoms with E-state index >= 15 is 0 Å². The number of fused-ring (bicyclic) bond motifs is 1. The van der Waals surface area contributed by atoms with Crippen LogP contribution in [-0.2, 0) is 12.8 Å². The van der Waals surface area contributed by atoms with Gasteiger partial charge in [0.05, 0.1) is 12.2 Å². The Balaban J connectivity index is 1.67. The molecule has 3 nitrogen and oxygen atoms in total. The molecule has 1 aromatic carbocycles. The van der Waals surface area contributed by atoms with Gasteiger partial charge < -0.3 is 9.73 Å². The van der Waals surface area contributed by atoms with Crippen molar-refractivity contribution in [2.45, 2.75) is 45.2 Å². The second-order valence-electron chi connectivity index (χ2n) is 5.55. The van der Waals surface area contributed by atoms with Crippen LogP contribution in [-0.4, -0.2) is 11.0 Å². The first-order chi connectivity index (χ1) is 9.61. The molecule has 1 N–H and O–H groups in total. The van der Waals surface area contributed by atoms with Crippen LogP contribution in [0.15, 0.2) is 33.3 Å². The average molecular weight is 335 g/mol. The van der Waals surface area contributed by atoms with E-state index in [0.717, 1.165) is 30.9 Å². The van der Waals surface area contributed by atoms with Gasteiger partial charge in [0, 0.05) is 10.5 Å². The van der Waals surface area contributed by atoms with Crippen LogP contribution in [0.25, 0.3) is 0 Å². The number of aromatic nitrogens is 1. The number of oxazole rings is 1. The molecule has 0 radical (unpaired) electrons. The van der Waals surface area contributed by atoms with Crippen molar-refractivity contribution in [1.29, 1.82) is 0 Å². The smallest absolute Gasteiger partial charge is 0.211 e. The maximum atomic E-state index is 5.59. The first kappa shape index (κ1) is 13.8. The molecule has 0 aliphatic heterocycles. The summed E-state index contributed by atoms with van der Waals surface area (Å²) in [5.74, 6) is 1.65. The predicted octanol–water partition coefficient (Wildman–Crippen LogP) is 3.95. The lowest BCUT2D eigenvalue weighted by molar-refractivity contribution is 0.351. The fourth-order valence-corrected chi connectivity index (χ4v) is 3.27. The Kier molecular flexibility index (Phi) is 3.94. The van der Waals surface area contributed by atoms with Crippen LogP contribution in [0.3, 0.4) is 0 Å². The number of nitrogens with one attached hydrogen (secondary N) is 1. The summed E-state index contributed by atoms with van der Waals surface area (Å²) >= 11 is 3.54. The molecule has 2 atom stereocenters. The van der Waals surface area contributed by atoms with Gasteiger partial charge in [-0.15, -0.1) is 0 Å². The second kappa shape index (κ2) is 5.70. The predicted molar refractivity (Wildman–Crippen MR) is 82.7 cm³/mol.